The van der Waals surface area contributed by atoms with Crippen molar-refractivity contribution in [2.45, 2.75) is 33.0 Å². The molecule has 0 bridgehead atoms. The number of aromatic nitrogens is 1. The van der Waals surface area contributed by atoms with Crippen LogP contribution in [0.25, 0.3) is 0 Å². The third-order valence-electron chi connectivity index (χ3n) is 1.72. The van der Waals surface area contributed by atoms with Crippen molar-refractivity contribution >= 4 is 17.3 Å². The van der Waals surface area contributed by atoms with Crippen LogP contribution < -0.4 is 11.1 Å². The Bertz CT molecular complexity index is 348. The minimum absolute atomic E-state index is 0.295. The fraction of sp³-hybridized carbons (Fsp3) is 0.600. The summed E-state index contributed by atoms with van der Waals surface area (Å²) in [5.41, 5.74) is 6.60. The number of rotatable bonds is 5. The van der Waals surface area contributed by atoms with E-state index in [1.807, 2.05) is 19.2 Å². The number of nitrogens with two attached hydrogens (primary N) is 1. The van der Waals surface area contributed by atoms with Crippen LogP contribution in [0, 0.1) is 0 Å². The molecule has 6 heteroatoms. The second-order valence-corrected chi connectivity index (χ2v) is 4.61. The molecule has 0 amide bonds. The van der Waals surface area contributed by atoms with Crippen molar-refractivity contribution < 1.29 is 4.74 Å². The highest BCUT2D eigenvalue weighted by Gasteiger charge is 2.01. The maximum absolute atomic E-state index is 5.68. The number of nitrogens with one attached hydrogen (secondary N) is 1. The Morgan fingerprint density at radius 2 is 2.44 bits per heavy atom. The minimum atomic E-state index is 0.295. The molecule has 1 rings (SSSR count). The molecule has 0 saturated carbocycles. The van der Waals surface area contributed by atoms with E-state index in [1.54, 1.807) is 18.4 Å². The van der Waals surface area contributed by atoms with E-state index >= 15 is 0 Å². The van der Waals surface area contributed by atoms with Crippen molar-refractivity contribution in [3.63, 3.8) is 0 Å². The molecule has 0 unspecified atom stereocenters. The number of thiazole rings is 1. The van der Waals surface area contributed by atoms with Crippen LogP contribution in [0.1, 0.15) is 24.5 Å². The standard InChI is InChI=1S/C10H18N4OS/c1-7(2)13-10(11)12-4-8-6-16-9(14-8)5-15-3/h6-7H,4-5H2,1-3H3,(H3,11,12,13). The van der Waals surface area contributed by atoms with Gasteiger partial charge in [0.05, 0.1) is 18.8 Å². The van der Waals surface area contributed by atoms with Gasteiger partial charge in [0.25, 0.3) is 0 Å². The minimum Gasteiger partial charge on any atom is -0.378 e. The van der Waals surface area contributed by atoms with Crippen molar-refractivity contribution in [2.24, 2.45) is 10.7 Å². The third kappa shape index (κ3) is 4.59. The summed E-state index contributed by atoms with van der Waals surface area (Å²) in [5.74, 6) is 0.455. The lowest BCUT2D eigenvalue weighted by molar-refractivity contribution is 0.184. The van der Waals surface area contributed by atoms with Gasteiger partial charge in [0.1, 0.15) is 5.01 Å². The summed E-state index contributed by atoms with van der Waals surface area (Å²) in [5, 5.41) is 5.96. The van der Waals surface area contributed by atoms with Crippen LogP contribution in [0.15, 0.2) is 10.4 Å². The van der Waals surface area contributed by atoms with Crippen molar-refractivity contribution in [3.05, 3.63) is 16.1 Å². The molecule has 5 nitrogen and oxygen atoms in total. The van der Waals surface area contributed by atoms with Crippen LogP contribution in [0.4, 0.5) is 0 Å². The monoisotopic (exact) mass is 242 g/mol. The van der Waals surface area contributed by atoms with E-state index in [4.69, 9.17) is 10.5 Å². The van der Waals surface area contributed by atoms with E-state index < -0.39 is 0 Å². The van der Waals surface area contributed by atoms with Gasteiger partial charge >= 0.3 is 0 Å². The van der Waals surface area contributed by atoms with Gasteiger partial charge in [-0.1, -0.05) is 0 Å². The Morgan fingerprint density at radius 3 is 3.06 bits per heavy atom. The molecule has 0 aliphatic rings. The Kier molecular flexibility index (Phi) is 5.21. The van der Waals surface area contributed by atoms with Crippen molar-refractivity contribution in [1.82, 2.24) is 10.3 Å². The fourth-order valence-electron chi connectivity index (χ4n) is 1.12. The lowest BCUT2D eigenvalue weighted by Gasteiger charge is -2.07. The molecule has 3 N–H and O–H groups in total. The average molecular weight is 242 g/mol. The topological polar surface area (TPSA) is 72.5 Å². The summed E-state index contributed by atoms with van der Waals surface area (Å²) in [4.78, 5) is 8.55. The Hall–Kier alpha value is -1.14. The van der Waals surface area contributed by atoms with Crippen LogP contribution in [-0.4, -0.2) is 24.1 Å². The first-order chi connectivity index (χ1) is 7.61. The zero-order valence-electron chi connectivity index (χ0n) is 9.86. The van der Waals surface area contributed by atoms with E-state index in [-0.39, 0.29) is 0 Å². The molecule has 1 aromatic rings. The van der Waals surface area contributed by atoms with Crippen LogP contribution >= 0.6 is 11.3 Å². The SMILES string of the molecule is COCc1nc(CN=C(N)NC(C)C)cs1. The number of hydrogen-bond acceptors (Lipinski definition) is 4. The quantitative estimate of drug-likeness (QED) is 0.599. The molecule has 0 aliphatic heterocycles. The molecule has 0 spiro atoms. The zero-order valence-corrected chi connectivity index (χ0v) is 10.7. The van der Waals surface area contributed by atoms with E-state index in [2.05, 4.69) is 15.3 Å². The molecule has 0 aliphatic carbocycles. The first-order valence-electron chi connectivity index (χ1n) is 5.10. The van der Waals surface area contributed by atoms with Crippen LogP contribution in [0.3, 0.4) is 0 Å². The Balaban J connectivity index is 2.46. The number of hydrogen-bond donors (Lipinski definition) is 2. The Labute approximate surface area is 99.7 Å². The lowest BCUT2D eigenvalue weighted by atomic mass is 10.4. The molecule has 0 radical (unpaired) electrons. The highest BCUT2D eigenvalue weighted by molar-refractivity contribution is 7.09. The summed E-state index contributed by atoms with van der Waals surface area (Å²) >= 11 is 1.57. The molecular formula is C10H18N4OS. The molecule has 1 aromatic heterocycles. The van der Waals surface area contributed by atoms with Gasteiger partial charge in [-0.3, -0.25) is 0 Å². The van der Waals surface area contributed by atoms with Crippen molar-refractivity contribution in [3.8, 4) is 0 Å². The largest absolute Gasteiger partial charge is 0.378 e. The summed E-state index contributed by atoms with van der Waals surface area (Å²) in [6.07, 6.45) is 0. The van der Waals surface area contributed by atoms with Gasteiger partial charge < -0.3 is 15.8 Å². The molecule has 90 valence electrons. The van der Waals surface area contributed by atoms with Gasteiger partial charge in [-0.05, 0) is 13.8 Å². The van der Waals surface area contributed by atoms with E-state index in [0.29, 0.717) is 25.2 Å². The maximum atomic E-state index is 5.68. The number of guanidine groups is 1. The van der Waals surface area contributed by atoms with Crippen LogP contribution in [0.2, 0.25) is 0 Å². The van der Waals surface area contributed by atoms with Gasteiger partial charge in [0.15, 0.2) is 5.96 Å². The Morgan fingerprint density at radius 1 is 1.69 bits per heavy atom. The molecule has 0 atom stereocenters. The summed E-state index contributed by atoms with van der Waals surface area (Å²) < 4.78 is 4.99. The predicted octanol–water partition coefficient (Wildman–Crippen LogP) is 1.10. The third-order valence-corrected chi connectivity index (χ3v) is 2.59. The molecule has 16 heavy (non-hydrogen) atoms. The molecule has 0 saturated heterocycles. The number of aliphatic imine (C=N–C) groups is 1. The van der Waals surface area contributed by atoms with Gasteiger partial charge in [-0.2, -0.15) is 0 Å². The first kappa shape index (κ1) is 12.9. The van der Waals surface area contributed by atoms with Gasteiger partial charge in [0.2, 0.25) is 0 Å². The summed E-state index contributed by atoms with van der Waals surface area (Å²) in [6.45, 7) is 5.09. The molecular weight excluding hydrogens is 224 g/mol. The van der Waals surface area contributed by atoms with E-state index in [0.717, 1.165) is 10.7 Å². The predicted molar refractivity (Wildman–Crippen MR) is 66.4 cm³/mol. The van der Waals surface area contributed by atoms with Crippen molar-refractivity contribution in [2.75, 3.05) is 7.11 Å². The average Bonchev–Trinajstić information content (AvgIpc) is 2.62. The fourth-order valence-corrected chi connectivity index (χ4v) is 1.87. The van der Waals surface area contributed by atoms with Gasteiger partial charge in [0, 0.05) is 18.5 Å². The first-order valence-corrected chi connectivity index (χ1v) is 5.98. The molecule has 1 heterocycles. The second-order valence-electron chi connectivity index (χ2n) is 3.67. The summed E-state index contributed by atoms with van der Waals surface area (Å²) in [7, 11) is 1.66. The number of nitrogens with zero attached hydrogens (tertiary/aromatic N) is 2. The lowest BCUT2D eigenvalue weighted by Crippen LogP contribution is -2.36. The molecule has 0 fully saturated rings. The maximum Gasteiger partial charge on any atom is 0.189 e. The second kappa shape index (κ2) is 6.44. The van der Waals surface area contributed by atoms with Crippen LogP contribution in [-0.2, 0) is 17.9 Å². The van der Waals surface area contributed by atoms with Crippen LogP contribution in [0.5, 0.6) is 0 Å². The van der Waals surface area contributed by atoms with Gasteiger partial charge in [-0.15, -0.1) is 11.3 Å². The van der Waals surface area contributed by atoms with E-state index in [1.165, 1.54) is 0 Å². The highest BCUT2D eigenvalue weighted by atomic mass is 32.1. The van der Waals surface area contributed by atoms with E-state index in [9.17, 15) is 0 Å². The summed E-state index contributed by atoms with van der Waals surface area (Å²) in [6, 6.07) is 0.295. The highest BCUT2D eigenvalue weighted by Crippen LogP contribution is 2.11. The smallest absolute Gasteiger partial charge is 0.189 e. The van der Waals surface area contributed by atoms with Crippen molar-refractivity contribution in [1.29, 1.82) is 0 Å². The zero-order chi connectivity index (χ0) is 12.0. The number of methoxy groups -OCH3 is 1. The number of ether oxygens (including phenoxy) is 1. The van der Waals surface area contributed by atoms with Gasteiger partial charge in [-0.25, -0.2) is 9.98 Å². The molecule has 0 aromatic carbocycles. The normalized spacial score (nSPS) is 12.1.